The zero-order chi connectivity index (χ0) is 15.2. The minimum atomic E-state index is -3.22. The highest BCUT2D eigenvalue weighted by atomic mass is 35.5. The lowest BCUT2D eigenvalue weighted by Crippen LogP contribution is -1.99. The second-order valence-corrected chi connectivity index (χ2v) is 7.46. The Kier molecular flexibility index (Phi) is 3.26. The summed E-state index contributed by atoms with van der Waals surface area (Å²) in [5.74, 6) is 0. The van der Waals surface area contributed by atoms with Crippen LogP contribution in [0.2, 0.25) is 5.02 Å². The molecule has 0 saturated heterocycles. The summed E-state index contributed by atoms with van der Waals surface area (Å²) in [6.45, 7) is 1.79. The van der Waals surface area contributed by atoms with Crippen LogP contribution in [-0.2, 0) is 9.84 Å². The van der Waals surface area contributed by atoms with Crippen molar-refractivity contribution in [3.8, 4) is 11.1 Å². The van der Waals surface area contributed by atoms with Crippen LogP contribution in [0, 0.1) is 6.92 Å². The van der Waals surface area contributed by atoms with E-state index in [1.54, 1.807) is 25.3 Å². The summed E-state index contributed by atoms with van der Waals surface area (Å²) < 4.78 is 23.4. The molecule has 2 aromatic carbocycles. The largest absolute Gasteiger partial charge is 0.278 e. The SMILES string of the molecule is Cc1cc(-c2cc(Cl)cc3[nH]ncc23)ccc1S(C)(=O)=O. The number of nitrogens with one attached hydrogen (secondary N) is 1. The lowest BCUT2D eigenvalue weighted by molar-refractivity contribution is 0.601. The molecule has 1 N–H and O–H groups in total. The molecule has 108 valence electrons. The minimum Gasteiger partial charge on any atom is -0.278 e. The van der Waals surface area contributed by atoms with Gasteiger partial charge in [-0.05, 0) is 41.8 Å². The van der Waals surface area contributed by atoms with Crippen LogP contribution in [0.1, 0.15) is 5.56 Å². The molecule has 1 heterocycles. The van der Waals surface area contributed by atoms with E-state index in [0.29, 0.717) is 15.5 Å². The molecule has 1 aromatic heterocycles. The Morgan fingerprint density at radius 1 is 1.19 bits per heavy atom. The molecule has 0 unspecified atom stereocenters. The lowest BCUT2D eigenvalue weighted by atomic mass is 10.0. The number of H-pyrrole nitrogens is 1. The van der Waals surface area contributed by atoms with E-state index < -0.39 is 9.84 Å². The summed E-state index contributed by atoms with van der Waals surface area (Å²) in [7, 11) is -3.22. The standard InChI is InChI=1S/C15H13ClN2O2S/c1-9-5-10(3-4-15(9)21(2,19)20)12-6-11(16)7-14-13(12)8-17-18-14/h3-8H,1-2H3,(H,17,18). The number of rotatable bonds is 2. The van der Waals surface area contributed by atoms with Gasteiger partial charge in [0.15, 0.2) is 9.84 Å². The predicted octanol–water partition coefficient (Wildman–Crippen LogP) is 3.60. The molecule has 0 aliphatic heterocycles. The average Bonchev–Trinajstić information content (AvgIpc) is 2.83. The Balaban J connectivity index is 2.24. The van der Waals surface area contributed by atoms with Gasteiger partial charge in [0.05, 0.1) is 16.6 Å². The van der Waals surface area contributed by atoms with Crippen molar-refractivity contribution in [3.63, 3.8) is 0 Å². The molecule has 0 spiro atoms. The van der Waals surface area contributed by atoms with E-state index in [-0.39, 0.29) is 0 Å². The third-order valence-electron chi connectivity index (χ3n) is 3.41. The Bertz CT molecular complexity index is 945. The second kappa shape index (κ2) is 4.86. The number of fused-ring (bicyclic) bond motifs is 1. The van der Waals surface area contributed by atoms with Gasteiger partial charge in [-0.3, -0.25) is 5.10 Å². The zero-order valence-corrected chi connectivity index (χ0v) is 13.1. The van der Waals surface area contributed by atoms with E-state index in [9.17, 15) is 8.42 Å². The van der Waals surface area contributed by atoms with Crippen LogP contribution in [0.25, 0.3) is 22.0 Å². The van der Waals surface area contributed by atoms with E-state index >= 15 is 0 Å². The third-order valence-corrected chi connectivity index (χ3v) is 4.88. The molecule has 4 nitrogen and oxygen atoms in total. The van der Waals surface area contributed by atoms with Gasteiger partial charge in [-0.15, -0.1) is 0 Å². The fourth-order valence-corrected chi connectivity index (χ4v) is 3.67. The van der Waals surface area contributed by atoms with Gasteiger partial charge in [-0.2, -0.15) is 5.10 Å². The molecule has 3 aromatic rings. The number of hydrogen-bond donors (Lipinski definition) is 1. The Morgan fingerprint density at radius 3 is 2.62 bits per heavy atom. The zero-order valence-electron chi connectivity index (χ0n) is 11.5. The molecule has 0 saturated carbocycles. The van der Waals surface area contributed by atoms with Gasteiger partial charge in [0.25, 0.3) is 0 Å². The third kappa shape index (κ3) is 2.54. The van der Waals surface area contributed by atoms with Crippen molar-refractivity contribution in [3.05, 3.63) is 47.1 Å². The Labute approximate surface area is 127 Å². The molecule has 0 atom stereocenters. The smallest absolute Gasteiger partial charge is 0.175 e. The van der Waals surface area contributed by atoms with Crippen molar-refractivity contribution in [2.45, 2.75) is 11.8 Å². The minimum absolute atomic E-state index is 0.344. The number of halogens is 1. The lowest BCUT2D eigenvalue weighted by Gasteiger charge is -2.09. The van der Waals surface area contributed by atoms with E-state index in [2.05, 4.69) is 10.2 Å². The van der Waals surface area contributed by atoms with E-state index in [4.69, 9.17) is 11.6 Å². The first kappa shape index (κ1) is 14.1. The van der Waals surface area contributed by atoms with Crippen LogP contribution in [-0.4, -0.2) is 24.9 Å². The maximum Gasteiger partial charge on any atom is 0.175 e. The highest BCUT2D eigenvalue weighted by Crippen LogP contribution is 2.32. The molecule has 0 bridgehead atoms. The molecule has 6 heteroatoms. The first-order valence-corrected chi connectivity index (χ1v) is 8.57. The van der Waals surface area contributed by atoms with Crippen LogP contribution in [0.3, 0.4) is 0 Å². The number of hydrogen-bond acceptors (Lipinski definition) is 3. The predicted molar refractivity (Wildman–Crippen MR) is 84.4 cm³/mol. The maximum absolute atomic E-state index is 11.7. The molecule has 0 aliphatic carbocycles. The summed E-state index contributed by atoms with van der Waals surface area (Å²) in [6.07, 6.45) is 2.95. The topological polar surface area (TPSA) is 62.8 Å². The van der Waals surface area contributed by atoms with E-state index in [1.807, 2.05) is 18.2 Å². The van der Waals surface area contributed by atoms with Gasteiger partial charge in [0, 0.05) is 16.7 Å². The van der Waals surface area contributed by atoms with Crippen molar-refractivity contribution in [2.24, 2.45) is 0 Å². The number of aromatic nitrogens is 2. The first-order chi connectivity index (χ1) is 9.86. The van der Waals surface area contributed by atoms with Crippen LogP contribution >= 0.6 is 11.6 Å². The Morgan fingerprint density at radius 2 is 1.95 bits per heavy atom. The van der Waals surface area contributed by atoms with Crippen LogP contribution in [0.5, 0.6) is 0 Å². The van der Waals surface area contributed by atoms with Crippen LogP contribution in [0.15, 0.2) is 41.4 Å². The molecule has 0 aliphatic rings. The van der Waals surface area contributed by atoms with Gasteiger partial charge in [0.1, 0.15) is 0 Å². The van der Waals surface area contributed by atoms with Crippen molar-refractivity contribution < 1.29 is 8.42 Å². The van der Waals surface area contributed by atoms with Gasteiger partial charge in [0.2, 0.25) is 0 Å². The van der Waals surface area contributed by atoms with Crippen molar-refractivity contribution in [1.82, 2.24) is 10.2 Å². The summed E-state index contributed by atoms with van der Waals surface area (Å²) in [4.78, 5) is 0.344. The first-order valence-electron chi connectivity index (χ1n) is 6.30. The fourth-order valence-electron chi connectivity index (χ4n) is 2.49. The monoisotopic (exact) mass is 320 g/mol. The van der Waals surface area contributed by atoms with Crippen LogP contribution in [0.4, 0.5) is 0 Å². The maximum atomic E-state index is 11.7. The fraction of sp³-hybridized carbons (Fsp3) is 0.133. The van der Waals surface area contributed by atoms with Gasteiger partial charge in [-0.1, -0.05) is 23.7 Å². The number of aryl methyl sites for hydroxylation is 1. The summed E-state index contributed by atoms with van der Waals surface area (Å²) in [5.41, 5.74) is 3.40. The van der Waals surface area contributed by atoms with Crippen LogP contribution < -0.4 is 0 Å². The molecule has 0 fully saturated rings. The highest BCUT2D eigenvalue weighted by molar-refractivity contribution is 7.90. The number of aromatic amines is 1. The van der Waals surface area contributed by atoms with Gasteiger partial charge in [-0.25, -0.2) is 8.42 Å². The second-order valence-electron chi connectivity index (χ2n) is 5.04. The van der Waals surface area contributed by atoms with Gasteiger partial charge >= 0.3 is 0 Å². The van der Waals surface area contributed by atoms with Crippen molar-refractivity contribution >= 4 is 32.3 Å². The summed E-state index contributed by atoms with van der Waals surface area (Å²) in [6, 6.07) is 8.95. The average molecular weight is 321 g/mol. The number of benzene rings is 2. The highest BCUT2D eigenvalue weighted by Gasteiger charge is 2.13. The van der Waals surface area contributed by atoms with E-state index in [1.165, 1.54) is 6.26 Å². The quantitative estimate of drug-likeness (QED) is 0.784. The van der Waals surface area contributed by atoms with Crippen molar-refractivity contribution in [2.75, 3.05) is 6.26 Å². The van der Waals surface area contributed by atoms with Gasteiger partial charge < -0.3 is 0 Å². The molecule has 3 rings (SSSR count). The normalized spacial score (nSPS) is 12.0. The summed E-state index contributed by atoms with van der Waals surface area (Å²) in [5, 5.41) is 8.47. The Hall–Kier alpha value is -1.85. The molecular weight excluding hydrogens is 308 g/mol. The van der Waals surface area contributed by atoms with Crippen molar-refractivity contribution in [1.29, 1.82) is 0 Å². The summed E-state index contributed by atoms with van der Waals surface area (Å²) >= 11 is 6.13. The molecule has 0 amide bonds. The van der Waals surface area contributed by atoms with E-state index in [0.717, 1.165) is 22.0 Å². The number of nitrogens with zero attached hydrogens (tertiary/aromatic N) is 1. The molecular formula is C15H13ClN2O2S. The number of sulfone groups is 1. The molecule has 21 heavy (non-hydrogen) atoms. The molecule has 0 radical (unpaired) electrons.